The third-order valence-corrected chi connectivity index (χ3v) is 1.20. The van der Waals surface area contributed by atoms with Crippen molar-refractivity contribution in [2.24, 2.45) is 4.99 Å². The van der Waals surface area contributed by atoms with Crippen LogP contribution in [0.4, 0.5) is 4.79 Å². The van der Waals surface area contributed by atoms with Gasteiger partial charge in [-0.1, -0.05) is 6.92 Å². The van der Waals surface area contributed by atoms with Crippen LogP contribution in [0, 0.1) is 0 Å². The van der Waals surface area contributed by atoms with Crippen molar-refractivity contribution in [3.8, 4) is 0 Å². The second-order valence-corrected chi connectivity index (χ2v) is 2.14. The molecule has 1 fully saturated rings. The number of carbonyl (C=O) groups is 1. The molecule has 0 spiro atoms. The number of amidine groups is 1. The van der Waals surface area contributed by atoms with E-state index in [2.05, 4.69) is 15.6 Å². The van der Waals surface area contributed by atoms with Gasteiger partial charge in [0.05, 0.1) is 6.54 Å². The maximum absolute atomic E-state index is 10.5. The van der Waals surface area contributed by atoms with Crippen molar-refractivity contribution >= 4 is 11.9 Å². The molecule has 1 saturated heterocycles. The predicted molar refractivity (Wildman–Crippen MR) is 39.1 cm³/mol. The Bertz CT molecular complexity index is 164. The van der Waals surface area contributed by atoms with Crippen molar-refractivity contribution in [2.75, 3.05) is 13.1 Å². The van der Waals surface area contributed by atoms with E-state index in [0.29, 0.717) is 6.54 Å². The van der Waals surface area contributed by atoms with Crippen LogP contribution in [0.25, 0.3) is 0 Å². The van der Waals surface area contributed by atoms with Crippen molar-refractivity contribution in [3.63, 3.8) is 0 Å². The van der Waals surface area contributed by atoms with Gasteiger partial charge in [-0.25, -0.2) is 4.79 Å². The maximum Gasteiger partial charge on any atom is 0.320 e. The van der Waals surface area contributed by atoms with Crippen LogP contribution in [-0.2, 0) is 0 Å². The molecule has 1 heterocycles. The van der Waals surface area contributed by atoms with Crippen LogP contribution in [-0.4, -0.2) is 25.0 Å². The van der Waals surface area contributed by atoms with Gasteiger partial charge in [0, 0.05) is 6.54 Å². The van der Waals surface area contributed by atoms with E-state index in [-0.39, 0.29) is 6.03 Å². The van der Waals surface area contributed by atoms with E-state index in [4.69, 9.17) is 0 Å². The van der Waals surface area contributed by atoms with Crippen molar-refractivity contribution in [1.82, 2.24) is 10.6 Å². The summed E-state index contributed by atoms with van der Waals surface area (Å²) >= 11 is 0. The molecule has 0 unspecified atom stereocenters. The highest BCUT2D eigenvalue weighted by atomic mass is 16.2. The minimum atomic E-state index is -0.144. The Morgan fingerprint density at radius 2 is 2.50 bits per heavy atom. The first-order valence-corrected chi connectivity index (χ1v) is 3.41. The van der Waals surface area contributed by atoms with Crippen LogP contribution in [0.15, 0.2) is 4.99 Å². The van der Waals surface area contributed by atoms with E-state index >= 15 is 0 Å². The molecule has 0 radical (unpaired) electrons. The Morgan fingerprint density at radius 3 is 3.00 bits per heavy atom. The number of urea groups is 1. The molecule has 1 aliphatic heterocycles. The molecular weight excluding hydrogens is 130 g/mol. The Morgan fingerprint density at radius 1 is 1.70 bits per heavy atom. The Balaban J connectivity index is 2.36. The minimum absolute atomic E-state index is 0.144. The Labute approximate surface area is 59.7 Å². The van der Waals surface area contributed by atoms with Crippen molar-refractivity contribution in [1.29, 1.82) is 0 Å². The molecule has 56 valence electrons. The Hall–Kier alpha value is -1.06. The maximum atomic E-state index is 10.5. The molecule has 2 amide bonds. The van der Waals surface area contributed by atoms with Gasteiger partial charge in [-0.15, -0.1) is 0 Å². The number of aliphatic imine (C=N–C) groups is 1. The number of carbonyl (C=O) groups excluding carboxylic acids is 1. The van der Waals surface area contributed by atoms with Crippen molar-refractivity contribution < 1.29 is 4.79 Å². The molecule has 0 bridgehead atoms. The van der Waals surface area contributed by atoms with Gasteiger partial charge in [0.2, 0.25) is 0 Å². The molecular formula is C6H11N3O. The average molecular weight is 141 g/mol. The molecule has 2 N–H and O–H groups in total. The van der Waals surface area contributed by atoms with E-state index < -0.39 is 0 Å². The van der Waals surface area contributed by atoms with Crippen LogP contribution in [0.5, 0.6) is 0 Å². The molecule has 0 aromatic rings. The molecule has 0 aromatic heterocycles. The van der Waals surface area contributed by atoms with Crippen LogP contribution < -0.4 is 10.6 Å². The normalized spacial score (nSPS) is 20.9. The number of hydrogen-bond acceptors (Lipinski definition) is 2. The summed E-state index contributed by atoms with van der Waals surface area (Å²) in [6.07, 6.45) is 1.01. The first-order valence-electron chi connectivity index (χ1n) is 3.41. The number of amides is 2. The SMILES string of the molecule is CCCN=C1CNC(=O)N1. The molecule has 0 aromatic carbocycles. The summed E-state index contributed by atoms with van der Waals surface area (Å²) in [6, 6.07) is -0.144. The van der Waals surface area contributed by atoms with Crippen LogP contribution >= 0.6 is 0 Å². The number of nitrogens with zero attached hydrogens (tertiary/aromatic N) is 1. The van der Waals surface area contributed by atoms with Gasteiger partial charge in [0.25, 0.3) is 0 Å². The van der Waals surface area contributed by atoms with Crippen LogP contribution in [0.1, 0.15) is 13.3 Å². The van der Waals surface area contributed by atoms with E-state index in [1.54, 1.807) is 0 Å². The molecule has 1 rings (SSSR count). The summed E-state index contributed by atoms with van der Waals surface area (Å²) in [7, 11) is 0. The highest BCUT2D eigenvalue weighted by Crippen LogP contribution is 1.84. The smallest absolute Gasteiger partial charge is 0.320 e. The minimum Gasteiger partial charge on any atom is -0.331 e. The highest BCUT2D eigenvalue weighted by Gasteiger charge is 2.12. The molecule has 0 atom stereocenters. The first kappa shape index (κ1) is 7.05. The second-order valence-electron chi connectivity index (χ2n) is 2.14. The monoisotopic (exact) mass is 141 g/mol. The van der Waals surface area contributed by atoms with Gasteiger partial charge in [0.15, 0.2) is 0 Å². The van der Waals surface area contributed by atoms with Gasteiger partial charge in [-0.2, -0.15) is 0 Å². The quantitative estimate of drug-likeness (QED) is 0.563. The summed E-state index contributed by atoms with van der Waals surface area (Å²) in [5, 5.41) is 5.19. The average Bonchev–Trinajstić information content (AvgIpc) is 2.31. The largest absolute Gasteiger partial charge is 0.331 e. The van der Waals surface area contributed by atoms with E-state index in [1.165, 1.54) is 0 Å². The topological polar surface area (TPSA) is 53.5 Å². The third kappa shape index (κ3) is 1.72. The fraction of sp³-hybridized carbons (Fsp3) is 0.667. The standard InChI is InChI=1S/C6H11N3O/c1-2-3-7-5-4-8-6(10)9-5/h2-4H2,1H3,(H2,7,8,9,10). The second kappa shape index (κ2) is 3.20. The molecule has 4 nitrogen and oxygen atoms in total. The lowest BCUT2D eigenvalue weighted by Crippen LogP contribution is -2.22. The third-order valence-electron chi connectivity index (χ3n) is 1.20. The van der Waals surface area contributed by atoms with E-state index in [9.17, 15) is 4.79 Å². The van der Waals surface area contributed by atoms with E-state index in [0.717, 1.165) is 18.8 Å². The van der Waals surface area contributed by atoms with Crippen LogP contribution in [0.2, 0.25) is 0 Å². The zero-order valence-electron chi connectivity index (χ0n) is 5.98. The van der Waals surface area contributed by atoms with Crippen molar-refractivity contribution in [3.05, 3.63) is 0 Å². The van der Waals surface area contributed by atoms with Crippen LogP contribution in [0.3, 0.4) is 0 Å². The van der Waals surface area contributed by atoms with Gasteiger partial charge in [-0.05, 0) is 6.42 Å². The summed E-state index contributed by atoms with van der Waals surface area (Å²) in [5.74, 6) is 0.756. The summed E-state index contributed by atoms with van der Waals surface area (Å²) < 4.78 is 0. The number of nitrogens with one attached hydrogen (secondary N) is 2. The number of hydrogen-bond donors (Lipinski definition) is 2. The molecule has 10 heavy (non-hydrogen) atoms. The Kier molecular flexibility index (Phi) is 2.25. The summed E-state index contributed by atoms with van der Waals surface area (Å²) in [6.45, 7) is 3.39. The van der Waals surface area contributed by atoms with Gasteiger partial charge >= 0.3 is 6.03 Å². The summed E-state index contributed by atoms with van der Waals surface area (Å²) in [5.41, 5.74) is 0. The van der Waals surface area contributed by atoms with E-state index in [1.807, 2.05) is 6.92 Å². The predicted octanol–water partition coefficient (Wildman–Crippen LogP) is 0.108. The van der Waals surface area contributed by atoms with Gasteiger partial charge in [0.1, 0.15) is 5.84 Å². The molecule has 4 heteroatoms. The lowest BCUT2D eigenvalue weighted by molar-refractivity contribution is 0.249. The lowest BCUT2D eigenvalue weighted by atomic mass is 10.5. The highest BCUT2D eigenvalue weighted by molar-refractivity contribution is 6.04. The zero-order valence-corrected chi connectivity index (χ0v) is 5.98. The summed E-state index contributed by atoms with van der Waals surface area (Å²) in [4.78, 5) is 14.6. The molecule has 0 aliphatic carbocycles. The molecule has 0 saturated carbocycles. The van der Waals surface area contributed by atoms with Gasteiger partial charge < -0.3 is 5.32 Å². The fourth-order valence-electron chi connectivity index (χ4n) is 0.726. The van der Waals surface area contributed by atoms with Crippen molar-refractivity contribution in [2.45, 2.75) is 13.3 Å². The fourth-order valence-corrected chi connectivity index (χ4v) is 0.726. The first-order chi connectivity index (χ1) is 4.83. The molecule has 1 aliphatic rings. The lowest BCUT2D eigenvalue weighted by Gasteiger charge is -1.91. The zero-order chi connectivity index (χ0) is 7.40. The number of rotatable bonds is 2. The van der Waals surface area contributed by atoms with Gasteiger partial charge in [-0.3, -0.25) is 10.3 Å².